The van der Waals surface area contributed by atoms with Crippen LogP contribution in [-0.2, 0) is 11.3 Å². The van der Waals surface area contributed by atoms with E-state index in [1.807, 2.05) is 13.8 Å². The van der Waals surface area contributed by atoms with Crippen molar-refractivity contribution in [1.29, 1.82) is 0 Å². The Bertz CT molecular complexity index is 620. The van der Waals surface area contributed by atoms with Gasteiger partial charge in [-0.2, -0.15) is 0 Å². The molecule has 1 aromatic rings. The summed E-state index contributed by atoms with van der Waals surface area (Å²) in [5, 5.41) is 12.9. The average molecular weight is 375 g/mol. The van der Waals surface area contributed by atoms with E-state index >= 15 is 0 Å². The standard InChI is InChI=1S/C21H34N4O2/c1-4-22-20(23-15-21(2,3)16-26)25-13-18-19(14-25)27-11-10-24(18)12-17-8-6-5-7-9-17/h5-9,18-19,26H,4,10-16H2,1-3H3,(H,22,23). The molecule has 2 saturated heterocycles. The monoisotopic (exact) mass is 374 g/mol. The smallest absolute Gasteiger partial charge is 0.194 e. The third-order valence-electron chi connectivity index (χ3n) is 5.36. The molecule has 2 unspecified atom stereocenters. The molecule has 2 N–H and O–H groups in total. The van der Waals surface area contributed by atoms with Crippen LogP contribution in [0.2, 0.25) is 0 Å². The molecule has 27 heavy (non-hydrogen) atoms. The van der Waals surface area contributed by atoms with Gasteiger partial charge >= 0.3 is 0 Å². The number of aliphatic hydroxyl groups excluding tert-OH is 1. The summed E-state index contributed by atoms with van der Waals surface area (Å²) in [4.78, 5) is 9.66. The van der Waals surface area contributed by atoms with Crippen LogP contribution in [0.25, 0.3) is 0 Å². The molecule has 0 amide bonds. The molecule has 6 nitrogen and oxygen atoms in total. The highest BCUT2D eigenvalue weighted by Crippen LogP contribution is 2.25. The number of aliphatic hydroxyl groups is 1. The summed E-state index contributed by atoms with van der Waals surface area (Å²) < 4.78 is 6.09. The highest BCUT2D eigenvalue weighted by Gasteiger charge is 2.41. The van der Waals surface area contributed by atoms with E-state index in [1.54, 1.807) is 0 Å². The maximum absolute atomic E-state index is 9.52. The highest BCUT2D eigenvalue weighted by atomic mass is 16.5. The van der Waals surface area contributed by atoms with Gasteiger partial charge in [0.1, 0.15) is 0 Å². The molecule has 0 radical (unpaired) electrons. The Morgan fingerprint density at radius 3 is 2.78 bits per heavy atom. The normalized spacial score (nSPS) is 24.1. The van der Waals surface area contributed by atoms with Crippen LogP contribution >= 0.6 is 0 Å². The van der Waals surface area contributed by atoms with Gasteiger partial charge < -0.3 is 20.1 Å². The molecule has 2 fully saturated rings. The summed E-state index contributed by atoms with van der Waals surface area (Å²) in [6.45, 7) is 12.2. The number of fused-ring (bicyclic) bond motifs is 1. The van der Waals surface area contributed by atoms with Crippen molar-refractivity contribution in [3.8, 4) is 0 Å². The van der Waals surface area contributed by atoms with Crippen LogP contribution in [0.15, 0.2) is 35.3 Å². The molecule has 150 valence electrons. The van der Waals surface area contributed by atoms with Gasteiger partial charge in [-0.1, -0.05) is 44.2 Å². The van der Waals surface area contributed by atoms with E-state index in [2.05, 4.69) is 52.4 Å². The van der Waals surface area contributed by atoms with Gasteiger partial charge in [-0.25, -0.2) is 0 Å². The Morgan fingerprint density at radius 2 is 2.07 bits per heavy atom. The Hall–Kier alpha value is -1.63. The van der Waals surface area contributed by atoms with E-state index in [0.717, 1.165) is 45.3 Å². The quantitative estimate of drug-likeness (QED) is 0.585. The van der Waals surface area contributed by atoms with Crippen LogP contribution in [0, 0.1) is 5.41 Å². The van der Waals surface area contributed by atoms with Crippen molar-refractivity contribution in [3.05, 3.63) is 35.9 Å². The number of morpholine rings is 1. The molecule has 1 aromatic carbocycles. The molecular formula is C21H34N4O2. The topological polar surface area (TPSA) is 60.3 Å². The first-order valence-electron chi connectivity index (χ1n) is 10.1. The van der Waals surface area contributed by atoms with E-state index in [1.165, 1.54) is 5.56 Å². The minimum absolute atomic E-state index is 0.134. The summed E-state index contributed by atoms with van der Waals surface area (Å²) in [7, 11) is 0. The third-order valence-corrected chi connectivity index (χ3v) is 5.36. The molecule has 0 aliphatic carbocycles. The number of aliphatic imine (C=N–C) groups is 1. The van der Waals surface area contributed by atoms with Crippen molar-refractivity contribution in [2.24, 2.45) is 10.4 Å². The van der Waals surface area contributed by atoms with Crippen molar-refractivity contribution < 1.29 is 9.84 Å². The Balaban J connectivity index is 1.68. The fourth-order valence-corrected chi connectivity index (χ4v) is 3.71. The zero-order valence-corrected chi connectivity index (χ0v) is 16.9. The van der Waals surface area contributed by atoms with E-state index in [-0.39, 0.29) is 18.1 Å². The summed E-state index contributed by atoms with van der Waals surface area (Å²) >= 11 is 0. The minimum atomic E-state index is -0.205. The zero-order valence-electron chi connectivity index (χ0n) is 16.9. The summed E-state index contributed by atoms with van der Waals surface area (Å²) in [6.07, 6.45) is 0.220. The van der Waals surface area contributed by atoms with Crippen molar-refractivity contribution in [2.45, 2.75) is 39.5 Å². The van der Waals surface area contributed by atoms with Gasteiger partial charge in [0, 0.05) is 44.7 Å². The molecule has 0 saturated carbocycles. The molecule has 0 bridgehead atoms. The minimum Gasteiger partial charge on any atom is -0.396 e. The first-order chi connectivity index (χ1) is 13.0. The first kappa shape index (κ1) is 20.1. The highest BCUT2D eigenvalue weighted by molar-refractivity contribution is 5.80. The number of nitrogens with zero attached hydrogens (tertiary/aromatic N) is 3. The molecule has 2 atom stereocenters. The Morgan fingerprint density at radius 1 is 1.30 bits per heavy atom. The fraction of sp³-hybridized carbons (Fsp3) is 0.667. The summed E-state index contributed by atoms with van der Waals surface area (Å²) in [6, 6.07) is 11.0. The van der Waals surface area contributed by atoms with Gasteiger partial charge in [0.2, 0.25) is 0 Å². The first-order valence-corrected chi connectivity index (χ1v) is 10.1. The van der Waals surface area contributed by atoms with Crippen molar-refractivity contribution in [3.63, 3.8) is 0 Å². The predicted molar refractivity (Wildman–Crippen MR) is 109 cm³/mol. The molecule has 2 heterocycles. The number of likely N-dealkylation sites (tertiary alicyclic amines) is 1. The number of rotatable bonds is 6. The lowest BCUT2D eigenvalue weighted by atomic mass is 9.95. The van der Waals surface area contributed by atoms with E-state index in [0.29, 0.717) is 12.6 Å². The lowest BCUT2D eigenvalue weighted by Crippen LogP contribution is -2.50. The van der Waals surface area contributed by atoms with E-state index < -0.39 is 0 Å². The number of ether oxygens (including phenoxy) is 1. The molecule has 3 rings (SSSR count). The SMILES string of the molecule is CCNC(=NCC(C)(C)CO)N1CC2OCCN(Cc3ccccc3)C2C1. The molecule has 0 aromatic heterocycles. The second-order valence-electron chi connectivity index (χ2n) is 8.33. The largest absolute Gasteiger partial charge is 0.396 e. The van der Waals surface area contributed by atoms with Crippen molar-refractivity contribution in [2.75, 3.05) is 45.9 Å². The zero-order chi connectivity index (χ0) is 19.3. The summed E-state index contributed by atoms with van der Waals surface area (Å²) in [5.41, 5.74) is 1.14. The third kappa shape index (κ3) is 5.21. The van der Waals surface area contributed by atoms with Gasteiger partial charge in [-0.15, -0.1) is 0 Å². The fourth-order valence-electron chi connectivity index (χ4n) is 3.71. The Labute approximate surface area is 163 Å². The van der Waals surface area contributed by atoms with Crippen LogP contribution in [0.3, 0.4) is 0 Å². The molecule has 2 aliphatic rings. The van der Waals surface area contributed by atoms with Crippen LogP contribution in [0.4, 0.5) is 0 Å². The van der Waals surface area contributed by atoms with Crippen molar-refractivity contribution in [1.82, 2.24) is 15.1 Å². The maximum Gasteiger partial charge on any atom is 0.194 e. The van der Waals surface area contributed by atoms with Crippen LogP contribution < -0.4 is 5.32 Å². The number of benzene rings is 1. The van der Waals surface area contributed by atoms with Crippen LogP contribution in [0.1, 0.15) is 26.3 Å². The molecule has 0 spiro atoms. The molecule has 6 heteroatoms. The van der Waals surface area contributed by atoms with Gasteiger partial charge in [0.15, 0.2) is 5.96 Å². The average Bonchev–Trinajstić information content (AvgIpc) is 3.11. The van der Waals surface area contributed by atoms with Gasteiger partial charge in [-0.3, -0.25) is 9.89 Å². The predicted octanol–water partition coefficient (Wildman–Crippen LogP) is 1.56. The van der Waals surface area contributed by atoms with Gasteiger partial charge in [0.25, 0.3) is 0 Å². The lowest BCUT2D eigenvalue weighted by molar-refractivity contribution is -0.0502. The van der Waals surface area contributed by atoms with Gasteiger partial charge in [-0.05, 0) is 12.5 Å². The second-order valence-corrected chi connectivity index (χ2v) is 8.33. The van der Waals surface area contributed by atoms with Crippen molar-refractivity contribution >= 4 is 5.96 Å². The number of guanidine groups is 1. The summed E-state index contributed by atoms with van der Waals surface area (Å²) in [5.74, 6) is 0.927. The van der Waals surface area contributed by atoms with Crippen LogP contribution in [0.5, 0.6) is 0 Å². The molecular weight excluding hydrogens is 340 g/mol. The maximum atomic E-state index is 9.52. The second kappa shape index (κ2) is 9.04. The number of hydrogen-bond donors (Lipinski definition) is 2. The lowest BCUT2D eigenvalue weighted by Gasteiger charge is -2.36. The van der Waals surface area contributed by atoms with E-state index in [9.17, 15) is 5.11 Å². The number of nitrogens with one attached hydrogen (secondary N) is 1. The van der Waals surface area contributed by atoms with Crippen LogP contribution in [-0.4, -0.2) is 78.9 Å². The molecule has 2 aliphatic heterocycles. The Kier molecular flexibility index (Phi) is 6.73. The van der Waals surface area contributed by atoms with E-state index in [4.69, 9.17) is 9.73 Å². The van der Waals surface area contributed by atoms with Gasteiger partial charge in [0.05, 0.1) is 25.3 Å². The number of hydrogen-bond acceptors (Lipinski definition) is 4.